The van der Waals surface area contributed by atoms with Gasteiger partial charge in [0.2, 0.25) is 5.91 Å². The van der Waals surface area contributed by atoms with Crippen molar-refractivity contribution in [3.63, 3.8) is 0 Å². The fourth-order valence-electron chi connectivity index (χ4n) is 4.04. The zero-order chi connectivity index (χ0) is 21.0. The average Bonchev–Trinajstić information content (AvgIpc) is 3.31. The van der Waals surface area contributed by atoms with Crippen LogP contribution in [0.5, 0.6) is 0 Å². The fourth-order valence-corrected chi connectivity index (χ4v) is 4.92. The van der Waals surface area contributed by atoms with Gasteiger partial charge < -0.3 is 10.2 Å². The summed E-state index contributed by atoms with van der Waals surface area (Å²) in [6.07, 6.45) is -4.07. The SMILES string of the molecule is Cc1cc(N2CCc3sc(F)cc3C2)cc(C)c1NC(=O)CC1(C(F)(F)F)CC1. The third-order valence-electron chi connectivity index (χ3n) is 5.94. The van der Waals surface area contributed by atoms with Gasteiger partial charge in [-0.05, 0) is 68.0 Å². The van der Waals surface area contributed by atoms with Crippen LogP contribution in [0, 0.1) is 24.4 Å². The predicted molar refractivity (Wildman–Crippen MR) is 106 cm³/mol. The van der Waals surface area contributed by atoms with E-state index in [1.54, 1.807) is 6.07 Å². The second-order valence-electron chi connectivity index (χ2n) is 8.13. The molecule has 8 heteroatoms. The fraction of sp³-hybridized carbons (Fsp3) is 0.476. The quantitative estimate of drug-likeness (QED) is 0.633. The summed E-state index contributed by atoms with van der Waals surface area (Å²) in [5, 5.41) is 2.52. The topological polar surface area (TPSA) is 32.3 Å². The van der Waals surface area contributed by atoms with Crippen LogP contribution < -0.4 is 10.2 Å². The number of nitrogens with zero attached hydrogens (tertiary/aromatic N) is 1. The highest BCUT2D eigenvalue weighted by Crippen LogP contribution is 2.60. The van der Waals surface area contributed by atoms with Gasteiger partial charge in [0.15, 0.2) is 5.13 Å². The number of carbonyl (C=O) groups excluding carboxylic acids is 1. The van der Waals surface area contributed by atoms with Crippen LogP contribution in [0.1, 0.15) is 40.8 Å². The van der Waals surface area contributed by atoms with Gasteiger partial charge in [0.05, 0.1) is 5.41 Å². The van der Waals surface area contributed by atoms with Crippen LogP contribution in [0.15, 0.2) is 18.2 Å². The van der Waals surface area contributed by atoms with Gasteiger partial charge >= 0.3 is 6.18 Å². The van der Waals surface area contributed by atoms with Gasteiger partial charge in [0.25, 0.3) is 0 Å². The molecule has 1 aromatic carbocycles. The van der Waals surface area contributed by atoms with Crippen LogP contribution in [0.2, 0.25) is 0 Å². The Morgan fingerprint density at radius 3 is 2.45 bits per heavy atom. The number of hydrogen-bond acceptors (Lipinski definition) is 3. The van der Waals surface area contributed by atoms with Gasteiger partial charge in [-0.15, -0.1) is 11.3 Å². The van der Waals surface area contributed by atoms with E-state index in [0.29, 0.717) is 12.2 Å². The third-order valence-corrected chi connectivity index (χ3v) is 6.96. The molecule has 0 atom stereocenters. The Hall–Kier alpha value is -2.09. The number of amides is 1. The second kappa shape index (κ2) is 7.00. The molecular weight excluding hydrogens is 404 g/mol. The molecule has 1 fully saturated rings. The first kappa shape index (κ1) is 20.2. The van der Waals surface area contributed by atoms with Crippen LogP contribution in [0.4, 0.5) is 28.9 Å². The van der Waals surface area contributed by atoms with Gasteiger partial charge in [-0.25, -0.2) is 0 Å². The second-order valence-corrected chi connectivity index (χ2v) is 9.22. The summed E-state index contributed by atoms with van der Waals surface area (Å²) in [5.74, 6) is -0.602. The van der Waals surface area contributed by atoms with E-state index in [2.05, 4.69) is 10.2 Å². The number of benzene rings is 1. The van der Waals surface area contributed by atoms with Crippen LogP contribution in [0.3, 0.4) is 0 Å². The maximum Gasteiger partial charge on any atom is 0.395 e. The first-order valence-electron chi connectivity index (χ1n) is 9.58. The van der Waals surface area contributed by atoms with E-state index in [9.17, 15) is 22.4 Å². The number of aryl methyl sites for hydroxylation is 2. The molecule has 3 nitrogen and oxygen atoms in total. The summed E-state index contributed by atoms with van der Waals surface area (Å²) < 4.78 is 52.8. The first-order chi connectivity index (χ1) is 13.6. The molecule has 1 aliphatic heterocycles. The Kier molecular flexibility index (Phi) is 4.88. The summed E-state index contributed by atoms with van der Waals surface area (Å²) in [5.41, 5.74) is 2.27. The number of carbonyl (C=O) groups is 1. The molecule has 1 saturated carbocycles. The van der Waals surface area contributed by atoms with E-state index < -0.39 is 23.9 Å². The Morgan fingerprint density at radius 2 is 1.86 bits per heavy atom. The van der Waals surface area contributed by atoms with Crippen molar-refractivity contribution < 1.29 is 22.4 Å². The van der Waals surface area contributed by atoms with Crippen LogP contribution in [0.25, 0.3) is 0 Å². The van der Waals surface area contributed by atoms with Crippen molar-refractivity contribution in [2.24, 2.45) is 5.41 Å². The summed E-state index contributed by atoms with van der Waals surface area (Å²) in [4.78, 5) is 15.5. The third kappa shape index (κ3) is 3.86. The van der Waals surface area contributed by atoms with Crippen molar-refractivity contribution in [1.82, 2.24) is 0 Å². The number of alkyl halides is 3. The molecule has 156 valence electrons. The normalized spacial score (nSPS) is 17.8. The standard InChI is InChI=1S/C21H22F4N2OS/c1-12-7-15(27-6-3-16-14(11-27)9-17(22)29-16)8-13(2)19(12)26-18(28)10-20(4-5-20)21(23,24)25/h7-9H,3-6,10-11H2,1-2H3,(H,26,28). The molecule has 1 N–H and O–H groups in total. The van der Waals surface area contributed by atoms with Gasteiger partial charge in [0, 0.05) is 35.8 Å². The number of fused-ring (bicyclic) bond motifs is 1. The number of anilines is 2. The minimum atomic E-state index is -4.34. The van der Waals surface area contributed by atoms with Crippen molar-refractivity contribution in [3.05, 3.63) is 44.9 Å². The summed E-state index contributed by atoms with van der Waals surface area (Å²) in [6.45, 7) is 5.06. The average molecular weight is 426 g/mol. The highest BCUT2D eigenvalue weighted by atomic mass is 32.1. The van der Waals surface area contributed by atoms with E-state index in [0.717, 1.165) is 40.2 Å². The summed E-state index contributed by atoms with van der Waals surface area (Å²) in [7, 11) is 0. The van der Waals surface area contributed by atoms with E-state index in [-0.39, 0.29) is 18.0 Å². The molecule has 0 spiro atoms. The Morgan fingerprint density at radius 1 is 1.21 bits per heavy atom. The van der Waals surface area contributed by atoms with Crippen LogP contribution >= 0.6 is 11.3 Å². The minimum absolute atomic E-state index is 0.0148. The lowest BCUT2D eigenvalue weighted by Gasteiger charge is -2.30. The van der Waals surface area contributed by atoms with Gasteiger partial charge in [-0.2, -0.15) is 17.6 Å². The lowest BCUT2D eigenvalue weighted by Crippen LogP contribution is -2.30. The molecule has 2 heterocycles. The molecule has 1 aromatic heterocycles. The van der Waals surface area contributed by atoms with Crippen molar-refractivity contribution in [1.29, 1.82) is 0 Å². The van der Waals surface area contributed by atoms with E-state index in [4.69, 9.17) is 0 Å². The minimum Gasteiger partial charge on any atom is -0.367 e. The van der Waals surface area contributed by atoms with Crippen molar-refractivity contribution in [2.75, 3.05) is 16.8 Å². The van der Waals surface area contributed by atoms with Crippen LogP contribution in [-0.4, -0.2) is 18.6 Å². The maximum absolute atomic E-state index is 13.5. The maximum atomic E-state index is 13.5. The lowest BCUT2D eigenvalue weighted by molar-refractivity contribution is -0.189. The molecule has 1 aliphatic carbocycles. The molecule has 0 bridgehead atoms. The van der Waals surface area contributed by atoms with Crippen molar-refractivity contribution >= 4 is 28.6 Å². The van der Waals surface area contributed by atoms with Gasteiger partial charge in [0.1, 0.15) is 0 Å². The Bertz CT molecular complexity index is 939. The molecule has 4 rings (SSSR count). The Balaban J connectivity index is 1.49. The molecule has 0 unspecified atom stereocenters. The van der Waals surface area contributed by atoms with Gasteiger partial charge in [-0.3, -0.25) is 4.79 Å². The first-order valence-corrected chi connectivity index (χ1v) is 10.4. The molecule has 2 aromatic rings. The highest BCUT2D eigenvalue weighted by molar-refractivity contribution is 7.10. The molecule has 0 saturated heterocycles. The molecule has 29 heavy (non-hydrogen) atoms. The number of rotatable bonds is 4. The zero-order valence-electron chi connectivity index (χ0n) is 16.3. The van der Waals surface area contributed by atoms with Crippen molar-refractivity contribution in [2.45, 2.75) is 52.3 Å². The number of hydrogen-bond donors (Lipinski definition) is 1. The monoisotopic (exact) mass is 426 g/mol. The van der Waals surface area contributed by atoms with E-state index in [1.165, 1.54) is 11.3 Å². The molecule has 2 aliphatic rings. The van der Waals surface area contributed by atoms with Crippen LogP contribution in [-0.2, 0) is 17.8 Å². The van der Waals surface area contributed by atoms with Gasteiger partial charge in [-0.1, -0.05) is 0 Å². The smallest absolute Gasteiger partial charge is 0.367 e. The molecule has 1 amide bonds. The summed E-state index contributed by atoms with van der Waals surface area (Å²) in [6, 6.07) is 5.43. The van der Waals surface area contributed by atoms with E-state index >= 15 is 0 Å². The number of halogens is 4. The predicted octanol–water partition coefficient (Wildman–Crippen LogP) is 5.74. The lowest BCUT2D eigenvalue weighted by atomic mass is 10.0. The molecule has 0 radical (unpaired) electrons. The highest BCUT2D eigenvalue weighted by Gasteiger charge is 2.63. The van der Waals surface area contributed by atoms with E-state index in [1.807, 2.05) is 26.0 Å². The van der Waals surface area contributed by atoms with Crippen molar-refractivity contribution in [3.8, 4) is 0 Å². The summed E-state index contributed by atoms with van der Waals surface area (Å²) >= 11 is 1.19. The Labute approximate surface area is 170 Å². The number of thiophene rings is 1. The largest absolute Gasteiger partial charge is 0.395 e. The number of nitrogens with one attached hydrogen (secondary N) is 1. The zero-order valence-corrected chi connectivity index (χ0v) is 17.1. The molecular formula is C21H22F4N2OS.